The van der Waals surface area contributed by atoms with Crippen molar-refractivity contribution < 1.29 is 0 Å². The zero-order chi connectivity index (χ0) is 6.57. The number of thiocarbonyl (C=S) groups is 1. The third kappa shape index (κ3) is 4.40. The molecule has 0 saturated heterocycles. The highest BCUT2D eigenvalue weighted by atomic mass is 32.1. The number of thiol groups is 1. The number of nitrogens with one attached hydrogen (secondary N) is 1. The van der Waals surface area contributed by atoms with E-state index in [4.69, 9.17) is 12.2 Å². The molecule has 0 bridgehead atoms. The van der Waals surface area contributed by atoms with E-state index in [1.807, 2.05) is 0 Å². The molecule has 0 aromatic heterocycles. The van der Waals surface area contributed by atoms with E-state index in [-0.39, 0.29) is 0 Å². The van der Waals surface area contributed by atoms with Crippen molar-refractivity contribution >= 4 is 29.2 Å². The van der Waals surface area contributed by atoms with Gasteiger partial charge in [-0.1, -0.05) is 19.1 Å². The van der Waals surface area contributed by atoms with Crippen LogP contribution in [0.15, 0.2) is 0 Å². The summed E-state index contributed by atoms with van der Waals surface area (Å²) in [5.41, 5.74) is 0. The summed E-state index contributed by atoms with van der Waals surface area (Å²) in [6.07, 6.45) is 1.08. The zero-order valence-electron chi connectivity index (χ0n) is 5.14. The first-order valence-electron chi connectivity index (χ1n) is 2.66. The lowest BCUT2D eigenvalue weighted by Gasteiger charge is -2.08. The second kappa shape index (κ2) is 4.15. The van der Waals surface area contributed by atoms with Gasteiger partial charge in [-0.15, -0.1) is 12.6 Å². The molecule has 1 nitrogen and oxygen atoms in total. The maximum Gasteiger partial charge on any atom is 0.130 e. The molecule has 0 fully saturated rings. The minimum Gasteiger partial charge on any atom is -0.369 e. The molecule has 0 saturated carbocycles. The fourth-order valence-corrected chi connectivity index (χ4v) is 0.734. The topological polar surface area (TPSA) is 12.0 Å². The first-order chi connectivity index (χ1) is 3.66. The normalized spacial score (nSPS) is 12.9. The average molecular weight is 149 g/mol. The first-order valence-corrected chi connectivity index (χ1v) is 3.51. The van der Waals surface area contributed by atoms with Crippen molar-refractivity contribution in [3.63, 3.8) is 0 Å². The molecule has 8 heavy (non-hydrogen) atoms. The SMILES string of the molecule is CC[C@H](C)NC(=S)S. The summed E-state index contributed by atoms with van der Waals surface area (Å²) in [4.78, 5) is 0. The third-order valence-corrected chi connectivity index (χ3v) is 1.23. The Hall–Kier alpha value is 0.240. The summed E-state index contributed by atoms with van der Waals surface area (Å²) in [5.74, 6) is 0. The van der Waals surface area contributed by atoms with Crippen molar-refractivity contribution in [2.45, 2.75) is 26.3 Å². The van der Waals surface area contributed by atoms with E-state index in [1.165, 1.54) is 0 Å². The molecule has 1 atom stereocenters. The number of hydrogen-bond acceptors (Lipinski definition) is 1. The van der Waals surface area contributed by atoms with Gasteiger partial charge < -0.3 is 5.32 Å². The fourth-order valence-electron chi connectivity index (χ4n) is 0.313. The lowest BCUT2D eigenvalue weighted by Crippen LogP contribution is -2.26. The van der Waals surface area contributed by atoms with Crippen LogP contribution in [-0.4, -0.2) is 10.4 Å². The van der Waals surface area contributed by atoms with E-state index in [2.05, 4.69) is 31.8 Å². The second-order valence-electron chi connectivity index (χ2n) is 1.76. The fraction of sp³-hybridized carbons (Fsp3) is 0.800. The summed E-state index contributed by atoms with van der Waals surface area (Å²) in [6, 6.07) is 0.458. The Bertz CT molecular complexity index is 82.5. The van der Waals surface area contributed by atoms with Crippen LogP contribution in [0.3, 0.4) is 0 Å². The summed E-state index contributed by atoms with van der Waals surface area (Å²) in [6.45, 7) is 4.17. The Morgan fingerprint density at radius 1 is 1.88 bits per heavy atom. The lowest BCUT2D eigenvalue weighted by molar-refractivity contribution is 0.651. The van der Waals surface area contributed by atoms with Crippen LogP contribution in [0, 0.1) is 0 Å². The van der Waals surface area contributed by atoms with Crippen LogP contribution in [0.5, 0.6) is 0 Å². The third-order valence-electron chi connectivity index (χ3n) is 0.982. The predicted octanol–water partition coefficient (Wildman–Crippen LogP) is 1.59. The van der Waals surface area contributed by atoms with Gasteiger partial charge in [0.05, 0.1) is 0 Å². The van der Waals surface area contributed by atoms with Gasteiger partial charge in [0, 0.05) is 6.04 Å². The van der Waals surface area contributed by atoms with Gasteiger partial charge in [0.15, 0.2) is 0 Å². The predicted molar refractivity (Wildman–Crippen MR) is 44.5 cm³/mol. The van der Waals surface area contributed by atoms with Gasteiger partial charge in [-0.25, -0.2) is 0 Å². The second-order valence-corrected chi connectivity index (χ2v) is 2.92. The van der Waals surface area contributed by atoms with E-state index in [9.17, 15) is 0 Å². The Morgan fingerprint density at radius 3 is 2.50 bits per heavy atom. The Kier molecular flexibility index (Phi) is 4.28. The standard InChI is InChI=1S/C5H11NS2/c1-3-4(2)6-5(7)8/h4H,3H2,1-2H3,(H2,6,7,8)/t4-/m0/s1. The minimum atomic E-state index is 0.458. The monoisotopic (exact) mass is 149 g/mol. The molecule has 0 aromatic carbocycles. The van der Waals surface area contributed by atoms with Gasteiger partial charge in [0.25, 0.3) is 0 Å². The Balaban J connectivity index is 3.24. The maximum atomic E-state index is 4.69. The molecule has 0 aliphatic heterocycles. The molecule has 1 N–H and O–H groups in total. The van der Waals surface area contributed by atoms with Crippen LogP contribution in [-0.2, 0) is 0 Å². The molecule has 3 heteroatoms. The van der Waals surface area contributed by atoms with E-state index in [1.54, 1.807) is 0 Å². The van der Waals surface area contributed by atoms with Crippen molar-refractivity contribution in [3.05, 3.63) is 0 Å². The molecule has 0 radical (unpaired) electrons. The van der Waals surface area contributed by atoms with Crippen LogP contribution >= 0.6 is 24.8 Å². The van der Waals surface area contributed by atoms with Crippen LogP contribution in [0.1, 0.15) is 20.3 Å². The molecule has 0 unspecified atom stereocenters. The first kappa shape index (κ1) is 8.24. The number of hydrogen-bond donors (Lipinski definition) is 2. The summed E-state index contributed by atoms with van der Waals surface area (Å²) in [7, 11) is 0. The molecule has 0 aliphatic carbocycles. The molecule has 0 aliphatic rings. The smallest absolute Gasteiger partial charge is 0.130 e. The molecule has 0 rings (SSSR count). The van der Waals surface area contributed by atoms with E-state index in [0.29, 0.717) is 10.4 Å². The van der Waals surface area contributed by atoms with Gasteiger partial charge in [-0.05, 0) is 13.3 Å². The van der Waals surface area contributed by atoms with Crippen molar-refractivity contribution in [1.29, 1.82) is 0 Å². The van der Waals surface area contributed by atoms with Crippen molar-refractivity contribution in [3.8, 4) is 0 Å². The quantitative estimate of drug-likeness (QED) is 0.457. The molecule has 48 valence electrons. The number of rotatable bonds is 2. The highest BCUT2D eigenvalue weighted by Crippen LogP contribution is 1.89. The Morgan fingerprint density at radius 2 is 2.38 bits per heavy atom. The largest absolute Gasteiger partial charge is 0.369 e. The van der Waals surface area contributed by atoms with Gasteiger partial charge in [0.2, 0.25) is 0 Å². The molecule has 0 amide bonds. The van der Waals surface area contributed by atoms with E-state index in [0.717, 1.165) is 6.42 Å². The Labute approximate surface area is 61.3 Å². The van der Waals surface area contributed by atoms with Crippen molar-refractivity contribution in [2.24, 2.45) is 0 Å². The zero-order valence-corrected chi connectivity index (χ0v) is 6.85. The summed E-state index contributed by atoms with van der Waals surface area (Å²) < 4.78 is 0.583. The molecule has 0 aromatic rings. The lowest BCUT2D eigenvalue weighted by atomic mass is 10.3. The van der Waals surface area contributed by atoms with E-state index >= 15 is 0 Å². The van der Waals surface area contributed by atoms with Gasteiger partial charge >= 0.3 is 0 Å². The minimum absolute atomic E-state index is 0.458. The van der Waals surface area contributed by atoms with E-state index < -0.39 is 0 Å². The molecule has 0 heterocycles. The molecule has 0 spiro atoms. The van der Waals surface area contributed by atoms with Crippen molar-refractivity contribution in [2.75, 3.05) is 0 Å². The highest BCUT2D eigenvalue weighted by molar-refractivity contribution is 8.11. The van der Waals surface area contributed by atoms with Gasteiger partial charge in [-0.3, -0.25) is 0 Å². The van der Waals surface area contributed by atoms with Gasteiger partial charge in [-0.2, -0.15) is 0 Å². The highest BCUT2D eigenvalue weighted by Gasteiger charge is 1.94. The van der Waals surface area contributed by atoms with Gasteiger partial charge in [0.1, 0.15) is 4.32 Å². The summed E-state index contributed by atoms with van der Waals surface area (Å²) in [5, 5.41) is 2.99. The maximum absolute atomic E-state index is 4.69. The van der Waals surface area contributed by atoms with Crippen molar-refractivity contribution in [1.82, 2.24) is 5.32 Å². The van der Waals surface area contributed by atoms with Crippen LogP contribution < -0.4 is 5.32 Å². The molecular weight excluding hydrogens is 138 g/mol. The van der Waals surface area contributed by atoms with Crippen LogP contribution in [0.2, 0.25) is 0 Å². The average Bonchev–Trinajstić information content (AvgIpc) is 1.65. The molecular formula is C5H11NS2. The van der Waals surface area contributed by atoms with Crippen LogP contribution in [0.4, 0.5) is 0 Å². The summed E-state index contributed by atoms with van der Waals surface area (Å²) >= 11 is 8.60. The van der Waals surface area contributed by atoms with Crippen LogP contribution in [0.25, 0.3) is 0 Å².